The van der Waals surface area contributed by atoms with Gasteiger partial charge < -0.3 is 19.9 Å². The number of ketones is 1. The van der Waals surface area contributed by atoms with Crippen molar-refractivity contribution >= 4 is 29.0 Å². The molecule has 1 aliphatic heterocycles. The van der Waals surface area contributed by atoms with Gasteiger partial charge in [-0.2, -0.15) is 0 Å². The molecule has 9 heteroatoms. The van der Waals surface area contributed by atoms with Crippen molar-refractivity contribution in [3.8, 4) is 16.9 Å². The second-order valence-corrected chi connectivity index (χ2v) is 10.7. The fraction of sp³-hybridized carbons (Fsp3) is 0.375. The Labute approximate surface area is 237 Å². The van der Waals surface area contributed by atoms with Gasteiger partial charge >= 0.3 is 6.36 Å². The molecule has 1 amide bonds. The molecular formula is C32H34F3N3O3. The van der Waals surface area contributed by atoms with E-state index in [4.69, 9.17) is 0 Å². The second-order valence-electron chi connectivity index (χ2n) is 10.7. The molecule has 6 nitrogen and oxygen atoms in total. The molecule has 1 unspecified atom stereocenters. The normalized spacial score (nSPS) is 19.3. The van der Waals surface area contributed by atoms with Gasteiger partial charge in [-0.15, -0.1) is 13.2 Å². The van der Waals surface area contributed by atoms with Crippen molar-refractivity contribution in [2.24, 2.45) is 11.8 Å². The molecule has 1 aromatic heterocycles. The Morgan fingerprint density at radius 2 is 1.85 bits per heavy atom. The minimum Gasteiger partial charge on any atom is -0.406 e. The van der Waals surface area contributed by atoms with Gasteiger partial charge in [0.1, 0.15) is 5.75 Å². The number of fused-ring (bicyclic) bond motifs is 1. The highest BCUT2D eigenvalue weighted by molar-refractivity contribution is 6.35. The summed E-state index contributed by atoms with van der Waals surface area (Å²) in [5, 5.41) is 2.84. The van der Waals surface area contributed by atoms with Crippen LogP contribution in [0.1, 0.15) is 60.4 Å². The zero-order chi connectivity index (χ0) is 29.3. The number of H-pyrrole nitrogens is 1. The molecule has 0 bridgehead atoms. The molecule has 1 saturated carbocycles. The van der Waals surface area contributed by atoms with Crippen molar-refractivity contribution in [1.29, 1.82) is 0 Å². The van der Waals surface area contributed by atoms with Gasteiger partial charge in [0.2, 0.25) is 0 Å². The van der Waals surface area contributed by atoms with Crippen LogP contribution in [0.25, 0.3) is 22.8 Å². The molecule has 0 spiro atoms. The molecule has 2 heterocycles. The topological polar surface area (TPSA) is 74.4 Å². The fourth-order valence-electron chi connectivity index (χ4n) is 5.97. The summed E-state index contributed by atoms with van der Waals surface area (Å²) < 4.78 is 43.4. The molecule has 5 rings (SSSR count). The fourth-order valence-corrected chi connectivity index (χ4v) is 5.97. The molecule has 1 fully saturated rings. The predicted molar refractivity (Wildman–Crippen MR) is 154 cm³/mol. The number of amides is 1. The number of benzene rings is 2. The van der Waals surface area contributed by atoms with E-state index < -0.39 is 6.36 Å². The monoisotopic (exact) mass is 565 g/mol. The van der Waals surface area contributed by atoms with Gasteiger partial charge in [-0.1, -0.05) is 44.2 Å². The number of rotatable bonds is 10. The molecule has 0 saturated heterocycles. The summed E-state index contributed by atoms with van der Waals surface area (Å²) in [7, 11) is 0. The molecule has 216 valence electrons. The average Bonchev–Trinajstić information content (AvgIpc) is 3.40. The van der Waals surface area contributed by atoms with E-state index in [2.05, 4.69) is 33.8 Å². The number of alkyl halides is 3. The number of para-hydroxylation sites is 1. The maximum absolute atomic E-state index is 14.1. The van der Waals surface area contributed by atoms with E-state index in [-0.39, 0.29) is 29.3 Å². The SMILES string of the molecule is CCN(CC)CC[C@@H]1CCC1C(=O)c1c(C)[nH]c(/C=C2\C(=O)Nc3ccccc32)c1-c1cccc(OC(F)(F)F)c1. The molecular weight excluding hydrogens is 531 g/mol. The van der Waals surface area contributed by atoms with E-state index >= 15 is 0 Å². The number of nitrogens with zero attached hydrogens (tertiary/aromatic N) is 1. The number of carbonyl (C=O) groups is 2. The highest BCUT2D eigenvalue weighted by Gasteiger charge is 2.39. The van der Waals surface area contributed by atoms with Crippen molar-refractivity contribution in [3.05, 3.63) is 71.0 Å². The zero-order valence-electron chi connectivity index (χ0n) is 23.4. The van der Waals surface area contributed by atoms with Crippen molar-refractivity contribution in [2.45, 2.75) is 46.4 Å². The van der Waals surface area contributed by atoms with Crippen LogP contribution in [-0.2, 0) is 4.79 Å². The third-order valence-corrected chi connectivity index (χ3v) is 8.28. The van der Waals surface area contributed by atoms with Crippen LogP contribution in [-0.4, -0.2) is 47.6 Å². The lowest BCUT2D eigenvalue weighted by atomic mass is 9.68. The molecule has 2 aromatic carbocycles. The van der Waals surface area contributed by atoms with Crippen LogP contribution < -0.4 is 10.1 Å². The largest absolute Gasteiger partial charge is 0.573 e. The number of hydrogen-bond donors (Lipinski definition) is 2. The third-order valence-electron chi connectivity index (χ3n) is 8.28. The van der Waals surface area contributed by atoms with Crippen molar-refractivity contribution < 1.29 is 27.5 Å². The van der Waals surface area contributed by atoms with Gasteiger partial charge in [0.25, 0.3) is 5.91 Å². The Kier molecular flexibility index (Phi) is 8.09. The molecule has 0 radical (unpaired) electrons. The summed E-state index contributed by atoms with van der Waals surface area (Å²) in [5.74, 6) is -0.603. The number of aryl methyl sites for hydroxylation is 1. The van der Waals surface area contributed by atoms with Gasteiger partial charge in [0.15, 0.2) is 5.78 Å². The van der Waals surface area contributed by atoms with Crippen LogP contribution in [0.3, 0.4) is 0 Å². The predicted octanol–water partition coefficient (Wildman–Crippen LogP) is 7.32. The Morgan fingerprint density at radius 1 is 1.10 bits per heavy atom. The molecule has 3 aromatic rings. The smallest absolute Gasteiger partial charge is 0.406 e. The minimum atomic E-state index is -4.86. The van der Waals surface area contributed by atoms with Gasteiger partial charge in [0.05, 0.1) is 5.57 Å². The van der Waals surface area contributed by atoms with Crippen LogP contribution in [0, 0.1) is 18.8 Å². The number of aromatic nitrogens is 1. The lowest BCUT2D eigenvalue weighted by Crippen LogP contribution is -2.36. The molecule has 2 aliphatic rings. The second kappa shape index (κ2) is 11.6. The van der Waals surface area contributed by atoms with Crippen LogP contribution in [0.4, 0.5) is 18.9 Å². The highest BCUT2D eigenvalue weighted by atomic mass is 19.4. The number of halogens is 3. The third kappa shape index (κ3) is 5.95. The Morgan fingerprint density at radius 3 is 2.54 bits per heavy atom. The molecule has 41 heavy (non-hydrogen) atoms. The average molecular weight is 566 g/mol. The first kappa shape index (κ1) is 28.7. The summed E-state index contributed by atoms with van der Waals surface area (Å²) in [6.07, 6.45) is -0.518. The van der Waals surface area contributed by atoms with E-state index in [1.54, 1.807) is 25.1 Å². The first-order valence-electron chi connectivity index (χ1n) is 14.1. The summed E-state index contributed by atoms with van der Waals surface area (Å²) in [6, 6.07) is 12.9. The lowest BCUT2D eigenvalue weighted by molar-refractivity contribution is -0.274. The lowest BCUT2D eigenvalue weighted by Gasteiger charge is -2.37. The van der Waals surface area contributed by atoms with Gasteiger partial charge in [-0.25, -0.2) is 0 Å². The van der Waals surface area contributed by atoms with Crippen LogP contribution >= 0.6 is 0 Å². The van der Waals surface area contributed by atoms with E-state index in [9.17, 15) is 22.8 Å². The minimum absolute atomic E-state index is 0.0207. The zero-order valence-corrected chi connectivity index (χ0v) is 23.4. The molecule has 2 N–H and O–H groups in total. The first-order valence-corrected chi connectivity index (χ1v) is 14.1. The number of carbonyl (C=O) groups excluding carboxylic acids is 2. The van der Waals surface area contributed by atoms with Gasteiger partial charge in [-0.05, 0) is 81.6 Å². The van der Waals surface area contributed by atoms with E-state index in [0.29, 0.717) is 44.9 Å². The van der Waals surface area contributed by atoms with Gasteiger partial charge in [-0.3, -0.25) is 9.59 Å². The van der Waals surface area contributed by atoms with E-state index in [1.807, 2.05) is 18.2 Å². The number of hydrogen-bond acceptors (Lipinski definition) is 4. The number of Topliss-reactive ketones (excluding diaryl/α,β-unsaturated/α-hetero) is 1. The first-order chi connectivity index (χ1) is 19.6. The standard InChI is InChI=1S/C32H34F3N3O3/c1-4-38(5-2)16-15-20-13-14-23(20)30(39)28-19(3)36-27(18-25-24-11-6-7-12-26(24)37-31(25)40)29(28)21-9-8-10-22(17-21)41-32(33,34)35/h6-12,17-18,20,23,36H,4-5,13-16H2,1-3H3,(H,37,40)/b25-18-/t20-,23?/m0/s1. The molecule has 1 aliphatic carbocycles. The summed E-state index contributed by atoms with van der Waals surface area (Å²) >= 11 is 0. The van der Waals surface area contributed by atoms with Crippen molar-refractivity contribution in [2.75, 3.05) is 25.0 Å². The maximum atomic E-state index is 14.1. The quantitative estimate of drug-likeness (QED) is 0.200. The van der Waals surface area contributed by atoms with E-state index in [0.717, 1.165) is 38.9 Å². The van der Waals surface area contributed by atoms with Crippen LogP contribution in [0.15, 0.2) is 48.5 Å². The van der Waals surface area contributed by atoms with E-state index in [1.165, 1.54) is 18.2 Å². The van der Waals surface area contributed by atoms with Crippen molar-refractivity contribution in [3.63, 3.8) is 0 Å². The number of aromatic amines is 1. The van der Waals surface area contributed by atoms with Crippen LogP contribution in [0.2, 0.25) is 0 Å². The Balaban J connectivity index is 1.58. The maximum Gasteiger partial charge on any atom is 0.573 e. The number of ether oxygens (including phenoxy) is 1. The highest BCUT2D eigenvalue weighted by Crippen LogP contribution is 2.44. The summed E-state index contributed by atoms with van der Waals surface area (Å²) in [6.45, 7) is 8.86. The summed E-state index contributed by atoms with van der Waals surface area (Å²) in [5.41, 5.74) is 4.21. The summed E-state index contributed by atoms with van der Waals surface area (Å²) in [4.78, 5) is 32.6. The van der Waals surface area contributed by atoms with Gasteiger partial charge in [0, 0.05) is 39.7 Å². The van der Waals surface area contributed by atoms with Crippen LogP contribution in [0.5, 0.6) is 5.75 Å². The van der Waals surface area contributed by atoms with Crippen molar-refractivity contribution in [1.82, 2.24) is 9.88 Å². The number of anilines is 1. The Hall–Kier alpha value is -3.85. The number of nitrogens with one attached hydrogen (secondary N) is 2. The molecule has 2 atom stereocenters. The Bertz CT molecular complexity index is 1490.